The van der Waals surface area contributed by atoms with Gasteiger partial charge in [0.1, 0.15) is 5.84 Å². The predicted octanol–water partition coefficient (Wildman–Crippen LogP) is 1.56. The smallest absolute Gasteiger partial charge is 0.102 e. The Balaban J connectivity index is 2.34. The summed E-state index contributed by atoms with van der Waals surface area (Å²) in [5, 5.41) is 0. The van der Waals surface area contributed by atoms with Crippen LogP contribution < -0.4 is 0 Å². The molecule has 1 atom stereocenters. The average Bonchev–Trinajstić information content (AvgIpc) is 2.30. The third-order valence-electron chi connectivity index (χ3n) is 2.37. The van der Waals surface area contributed by atoms with Gasteiger partial charge < -0.3 is 4.90 Å². The van der Waals surface area contributed by atoms with Crippen LogP contribution >= 0.6 is 0 Å². The Kier molecular flexibility index (Phi) is 1.34. The van der Waals surface area contributed by atoms with Crippen molar-refractivity contribution in [3.63, 3.8) is 0 Å². The van der Waals surface area contributed by atoms with Gasteiger partial charge in [-0.25, -0.2) is 4.99 Å². The van der Waals surface area contributed by atoms with Crippen LogP contribution in [0.25, 0.3) is 0 Å². The lowest BCUT2D eigenvalue weighted by molar-refractivity contribution is 0.431. The SMILES string of the molecule is CC1=NC2=CC=CCC2N1C. The number of aliphatic imine (C=N–C) groups is 1. The van der Waals surface area contributed by atoms with Gasteiger partial charge in [-0.1, -0.05) is 12.2 Å². The van der Waals surface area contributed by atoms with E-state index in [0.29, 0.717) is 6.04 Å². The van der Waals surface area contributed by atoms with Crippen LogP contribution in [0.15, 0.2) is 28.9 Å². The number of likely N-dealkylation sites (N-methyl/N-ethyl adjacent to an activating group) is 1. The van der Waals surface area contributed by atoms with E-state index in [-0.39, 0.29) is 0 Å². The molecular formula is C9H12N2. The van der Waals surface area contributed by atoms with E-state index in [1.54, 1.807) is 0 Å². The highest BCUT2D eigenvalue weighted by atomic mass is 15.2. The highest BCUT2D eigenvalue weighted by molar-refractivity contribution is 5.84. The number of allylic oxidation sites excluding steroid dienone is 2. The molecule has 0 aromatic rings. The van der Waals surface area contributed by atoms with Crippen LogP contribution in [0.1, 0.15) is 13.3 Å². The Hall–Kier alpha value is -1.05. The highest BCUT2D eigenvalue weighted by Crippen LogP contribution is 2.25. The Morgan fingerprint density at radius 2 is 2.45 bits per heavy atom. The van der Waals surface area contributed by atoms with Gasteiger partial charge in [0.15, 0.2) is 0 Å². The first-order chi connectivity index (χ1) is 5.29. The maximum absolute atomic E-state index is 4.44. The minimum atomic E-state index is 0.514. The first kappa shape index (κ1) is 6.65. The number of fused-ring (bicyclic) bond motifs is 1. The van der Waals surface area contributed by atoms with E-state index in [0.717, 1.165) is 12.3 Å². The summed E-state index contributed by atoms with van der Waals surface area (Å²) in [6.07, 6.45) is 7.48. The molecular weight excluding hydrogens is 136 g/mol. The minimum absolute atomic E-state index is 0.514. The molecule has 0 amide bonds. The molecule has 0 fully saturated rings. The summed E-state index contributed by atoms with van der Waals surface area (Å²) in [6.45, 7) is 2.05. The van der Waals surface area contributed by atoms with Crippen molar-refractivity contribution < 1.29 is 0 Å². The molecule has 0 saturated heterocycles. The molecule has 0 aromatic carbocycles. The molecule has 0 aromatic heterocycles. The maximum atomic E-state index is 4.44. The first-order valence-corrected chi connectivity index (χ1v) is 3.94. The number of hydrogen-bond acceptors (Lipinski definition) is 2. The minimum Gasteiger partial charge on any atom is -0.354 e. The van der Waals surface area contributed by atoms with E-state index in [4.69, 9.17) is 0 Å². The van der Waals surface area contributed by atoms with E-state index < -0.39 is 0 Å². The van der Waals surface area contributed by atoms with E-state index in [1.807, 2.05) is 0 Å². The van der Waals surface area contributed by atoms with Gasteiger partial charge in [-0.15, -0.1) is 0 Å². The van der Waals surface area contributed by atoms with Gasteiger partial charge in [-0.2, -0.15) is 0 Å². The largest absolute Gasteiger partial charge is 0.354 e. The molecule has 2 nitrogen and oxygen atoms in total. The first-order valence-electron chi connectivity index (χ1n) is 3.94. The zero-order valence-electron chi connectivity index (χ0n) is 6.91. The summed E-state index contributed by atoms with van der Waals surface area (Å²) in [5.74, 6) is 1.13. The Morgan fingerprint density at radius 1 is 1.64 bits per heavy atom. The van der Waals surface area contributed by atoms with Crippen LogP contribution in [0.3, 0.4) is 0 Å². The zero-order chi connectivity index (χ0) is 7.84. The van der Waals surface area contributed by atoms with Crippen molar-refractivity contribution in [2.75, 3.05) is 7.05 Å². The summed E-state index contributed by atoms with van der Waals surface area (Å²) in [6, 6.07) is 0.514. The van der Waals surface area contributed by atoms with E-state index >= 15 is 0 Å². The van der Waals surface area contributed by atoms with Gasteiger partial charge in [-0.05, 0) is 19.4 Å². The maximum Gasteiger partial charge on any atom is 0.102 e. The second-order valence-electron chi connectivity index (χ2n) is 3.04. The van der Waals surface area contributed by atoms with E-state index in [2.05, 4.69) is 42.1 Å². The van der Waals surface area contributed by atoms with Gasteiger partial charge in [0.05, 0.1) is 11.7 Å². The van der Waals surface area contributed by atoms with Crippen LogP contribution in [0, 0.1) is 0 Å². The fraction of sp³-hybridized carbons (Fsp3) is 0.444. The number of nitrogens with zero attached hydrogens (tertiary/aromatic N) is 2. The molecule has 0 saturated carbocycles. The van der Waals surface area contributed by atoms with Crippen LogP contribution in [0.4, 0.5) is 0 Å². The molecule has 0 radical (unpaired) electrons. The fourth-order valence-electron chi connectivity index (χ4n) is 1.57. The van der Waals surface area contributed by atoms with Crippen molar-refractivity contribution in [3.05, 3.63) is 23.9 Å². The second kappa shape index (κ2) is 2.22. The Bertz CT molecular complexity index is 261. The van der Waals surface area contributed by atoms with E-state index in [1.165, 1.54) is 5.70 Å². The van der Waals surface area contributed by atoms with Crippen molar-refractivity contribution in [2.24, 2.45) is 4.99 Å². The van der Waals surface area contributed by atoms with Crippen LogP contribution in [-0.2, 0) is 0 Å². The molecule has 0 N–H and O–H groups in total. The summed E-state index contributed by atoms with van der Waals surface area (Å²) in [5.41, 5.74) is 1.22. The number of rotatable bonds is 0. The summed E-state index contributed by atoms with van der Waals surface area (Å²) in [7, 11) is 2.10. The van der Waals surface area contributed by atoms with Gasteiger partial charge in [0.2, 0.25) is 0 Å². The molecule has 0 bridgehead atoms. The van der Waals surface area contributed by atoms with Crippen molar-refractivity contribution in [2.45, 2.75) is 19.4 Å². The summed E-state index contributed by atoms with van der Waals surface area (Å²) >= 11 is 0. The lowest BCUT2D eigenvalue weighted by Gasteiger charge is -2.22. The number of amidine groups is 1. The zero-order valence-corrected chi connectivity index (χ0v) is 6.91. The van der Waals surface area contributed by atoms with E-state index in [9.17, 15) is 0 Å². The van der Waals surface area contributed by atoms with Crippen molar-refractivity contribution in [3.8, 4) is 0 Å². The lowest BCUT2D eigenvalue weighted by atomic mass is 10.1. The van der Waals surface area contributed by atoms with Crippen molar-refractivity contribution in [1.82, 2.24) is 4.90 Å². The van der Waals surface area contributed by atoms with Crippen molar-refractivity contribution >= 4 is 5.84 Å². The van der Waals surface area contributed by atoms with Crippen molar-refractivity contribution in [1.29, 1.82) is 0 Å². The third-order valence-corrected chi connectivity index (χ3v) is 2.37. The summed E-state index contributed by atoms with van der Waals surface area (Å²) < 4.78 is 0. The molecule has 2 rings (SSSR count). The molecule has 58 valence electrons. The fourth-order valence-corrected chi connectivity index (χ4v) is 1.57. The molecule has 0 spiro atoms. The molecule has 2 heteroatoms. The second-order valence-corrected chi connectivity index (χ2v) is 3.04. The predicted molar refractivity (Wildman–Crippen MR) is 46.5 cm³/mol. The number of hydrogen-bond donors (Lipinski definition) is 0. The monoisotopic (exact) mass is 148 g/mol. The quantitative estimate of drug-likeness (QED) is 0.509. The normalized spacial score (nSPS) is 28.2. The van der Waals surface area contributed by atoms with Gasteiger partial charge in [0.25, 0.3) is 0 Å². The van der Waals surface area contributed by atoms with Gasteiger partial charge in [0, 0.05) is 7.05 Å². The third kappa shape index (κ3) is 0.897. The van der Waals surface area contributed by atoms with Gasteiger partial charge >= 0.3 is 0 Å². The van der Waals surface area contributed by atoms with Crippen LogP contribution in [0.5, 0.6) is 0 Å². The topological polar surface area (TPSA) is 15.6 Å². The van der Waals surface area contributed by atoms with Crippen LogP contribution in [-0.4, -0.2) is 23.8 Å². The van der Waals surface area contributed by atoms with Gasteiger partial charge in [-0.3, -0.25) is 0 Å². The molecule has 1 heterocycles. The summed E-state index contributed by atoms with van der Waals surface area (Å²) in [4.78, 5) is 6.68. The molecule has 11 heavy (non-hydrogen) atoms. The molecule has 2 aliphatic rings. The van der Waals surface area contributed by atoms with Crippen LogP contribution in [0.2, 0.25) is 0 Å². The highest BCUT2D eigenvalue weighted by Gasteiger charge is 2.26. The standard InChI is InChI=1S/C9H12N2/c1-7-10-8-5-3-4-6-9(8)11(7)2/h3-5,9H,6H2,1-2H3. The Morgan fingerprint density at radius 3 is 3.18 bits per heavy atom. The molecule has 1 unspecified atom stereocenters. The molecule has 1 aliphatic carbocycles. The average molecular weight is 148 g/mol. The molecule has 1 aliphatic heterocycles. The Labute approximate surface area is 66.9 Å². The lowest BCUT2D eigenvalue weighted by Crippen LogP contribution is -2.30.